The van der Waals surface area contributed by atoms with Gasteiger partial charge in [-0.05, 0) is 54.7 Å². The van der Waals surface area contributed by atoms with E-state index in [2.05, 4.69) is 5.32 Å². The number of fused-ring (bicyclic) bond motifs is 1. The minimum atomic E-state index is -0.550. The van der Waals surface area contributed by atoms with E-state index in [0.717, 1.165) is 24.0 Å². The number of nitrogens with one attached hydrogen (secondary N) is 1. The van der Waals surface area contributed by atoms with Crippen molar-refractivity contribution in [1.82, 2.24) is 10.2 Å². The Hall–Kier alpha value is -3.09. The van der Waals surface area contributed by atoms with E-state index < -0.39 is 11.6 Å². The molecule has 0 unspecified atom stereocenters. The molecule has 31 heavy (non-hydrogen) atoms. The van der Waals surface area contributed by atoms with Crippen LogP contribution in [0, 0.1) is 5.82 Å². The number of amides is 2. The van der Waals surface area contributed by atoms with Gasteiger partial charge in [-0.3, -0.25) is 9.59 Å². The van der Waals surface area contributed by atoms with Crippen LogP contribution >= 0.6 is 0 Å². The van der Waals surface area contributed by atoms with Crippen molar-refractivity contribution in [2.75, 3.05) is 19.8 Å². The maximum absolute atomic E-state index is 14.1. The number of carbonyl (C=O) groups is 2. The van der Waals surface area contributed by atoms with Crippen molar-refractivity contribution in [3.63, 3.8) is 0 Å². The topological polar surface area (TPSA) is 67.9 Å². The minimum absolute atomic E-state index is 0.0115. The van der Waals surface area contributed by atoms with Gasteiger partial charge in [-0.25, -0.2) is 4.39 Å². The number of carbonyl (C=O) groups excluding carboxylic acids is 2. The van der Waals surface area contributed by atoms with Gasteiger partial charge in [0.05, 0.1) is 18.0 Å². The van der Waals surface area contributed by atoms with Gasteiger partial charge in [-0.1, -0.05) is 18.2 Å². The number of likely N-dealkylation sites (tertiary alicyclic amines) is 1. The quantitative estimate of drug-likeness (QED) is 0.822. The van der Waals surface area contributed by atoms with Crippen molar-refractivity contribution in [2.45, 2.75) is 43.7 Å². The van der Waals surface area contributed by atoms with Crippen molar-refractivity contribution in [2.24, 2.45) is 0 Å². The van der Waals surface area contributed by atoms with E-state index in [0.29, 0.717) is 44.1 Å². The van der Waals surface area contributed by atoms with Crippen LogP contribution in [0.25, 0.3) is 0 Å². The highest BCUT2D eigenvalue weighted by Crippen LogP contribution is 2.45. The lowest BCUT2D eigenvalue weighted by Gasteiger charge is -2.48. The standard InChI is InChI=1S/C24H25FN2O4/c25-18-4-1-3-17(15-18)23-24(9-7-21(28)26-24)8-2-10-27(23)22(29)14-16-5-6-19-20(13-16)31-12-11-30-19/h1,3-6,13,15,23H,2,7-12,14H2,(H,26,28)/t23-,24+/m1/s1. The zero-order valence-corrected chi connectivity index (χ0v) is 17.2. The van der Waals surface area contributed by atoms with E-state index in [1.54, 1.807) is 6.07 Å². The van der Waals surface area contributed by atoms with E-state index in [-0.39, 0.29) is 24.1 Å². The average Bonchev–Trinajstić information content (AvgIpc) is 3.13. The molecule has 0 saturated carbocycles. The molecular weight excluding hydrogens is 399 g/mol. The number of benzene rings is 2. The van der Waals surface area contributed by atoms with Crippen LogP contribution in [-0.2, 0) is 16.0 Å². The molecule has 7 heteroatoms. The Balaban J connectivity index is 1.45. The summed E-state index contributed by atoms with van der Waals surface area (Å²) in [6.07, 6.45) is 2.83. The smallest absolute Gasteiger partial charge is 0.227 e. The van der Waals surface area contributed by atoms with Gasteiger partial charge in [0.25, 0.3) is 0 Å². The number of piperidine rings is 1. The second-order valence-corrected chi connectivity index (χ2v) is 8.51. The maximum atomic E-state index is 14.1. The predicted octanol–water partition coefficient (Wildman–Crippen LogP) is 3.15. The number of halogens is 1. The van der Waals surface area contributed by atoms with Gasteiger partial charge in [0.2, 0.25) is 11.8 Å². The summed E-state index contributed by atoms with van der Waals surface area (Å²) in [5.74, 6) is 0.928. The fourth-order valence-electron chi connectivity index (χ4n) is 5.18. The molecule has 2 aromatic carbocycles. The first-order valence-corrected chi connectivity index (χ1v) is 10.8. The lowest BCUT2D eigenvalue weighted by molar-refractivity contribution is -0.138. The summed E-state index contributed by atoms with van der Waals surface area (Å²) in [5.41, 5.74) is 1.01. The van der Waals surface area contributed by atoms with Crippen molar-refractivity contribution >= 4 is 11.8 Å². The SMILES string of the molecule is O=C1CC[C@]2(CCCN(C(=O)Cc3ccc4c(c3)OCCO4)[C@@H]2c2cccc(F)c2)N1. The molecule has 0 aliphatic carbocycles. The van der Waals surface area contributed by atoms with E-state index in [4.69, 9.17) is 9.47 Å². The maximum Gasteiger partial charge on any atom is 0.227 e. The molecular formula is C24H25FN2O4. The van der Waals surface area contributed by atoms with Gasteiger partial charge in [0, 0.05) is 13.0 Å². The molecule has 5 rings (SSSR count). The van der Waals surface area contributed by atoms with Crippen LogP contribution in [0.2, 0.25) is 0 Å². The summed E-state index contributed by atoms with van der Waals surface area (Å²) < 4.78 is 25.3. The zero-order chi connectivity index (χ0) is 21.4. The Labute approximate surface area is 180 Å². The first-order chi connectivity index (χ1) is 15.0. The zero-order valence-electron chi connectivity index (χ0n) is 17.2. The van der Waals surface area contributed by atoms with Crippen LogP contribution in [0.5, 0.6) is 11.5 Å². The molecule has 0 aromatic heterocycles. The molecule has 2 atom stereocenters. The molecule has 2 aromatic rings. The first-order valence-electron chi connectivity index (χ1n) is 10.8. The Bertz CT molecular complexity index is 1030. The summed E-state index contributed by atoms with van der Waals surface area (Å²) in [6, 6.07) is 11.5. The van der Waals surface area contributed by atoms with Gasteiger partial charge >= 0.3 is 0 Å². The largest absolute Gasteiger partial charge is 0.486 e. The molecule has 1 N–H and O–H groups in total. The lowest BCUT2D eigenvalue weighted by Crippen LogP contribution is -2.58. The average molecular weight is 424 g/mol. The fraction of sp³-hybridized carbons (Fsp3) is 0.417. The predicted molar refractivity (Wildman–Crippen MR) is 111 cm³/mol. The molecule has 3 heterocycles. The Morgan fingerprint density at radius 2 is 1.97 bits per heavy atom. The number of hydrogen-bond donors (Lipinski definition) is 1. The van der Waals surface area contributed by atoms with E-state index in [9.17, 15) is 14.0 Å². The highest BCUT2D eigenvalue weighted by atomic mass is 19.1. The van der Waals surface area contributed by atoms with Crippen molar-refractivity contribution in [1.29, 1.82) is 0 Å². The van der Waals surface area contributed by atoms with Crippen LogP contribution in [0.3, 0.4) is 0 Å². The lowest BCUT2D eigenvalue weighted by atomic mass is 9.76. The summed E-state index contributed by atoms with van der Waals surface area (Å²) in [6.45, 7) is 1.57. The molecule has 1 spiro atoms. The molecule has 3 aliphatic rings. The molecule has 162 valence electrons. The third kappa shape index (κ3) is 3.73. The van der Waals surface area contributed by atoms with E-state index >= 15 is 0 Å². The van der Waals surface area contributed by atoms with Gasteiger partial charge in [-0.15, -0.1) is 0 Å². The Morgan fingerprint density at radius 1 is 1.13 bits per heavy atom. The normalized spacial score (nSPS) is 24.9. The number of rotatable bonds is 3. The van der Waals surface area contributed by atoms with Crippen LogP contribution in [0.4, 0.5) is 4.39 Å². The third-order valence-corrected chi connectivity index (χ3v) is 6.49. The highest BCUT2D eigenvalue weighted by Gasteiger charge is 2.50. The Morgan fingerprint density at radius 3 is 2.74 bits per heavy atom. The van der Waals surface area contributed by atoms with Crippen LogP contribution < -0.4 is 14.8 Å². The van der Waals surface area contributed by atoms with Crippen molar-refractivity contribution in [3.05, 3.63) is 59.4 Å². The number of nitrogens with zero attached hydrogens (tertiary/aromatic N) is 1. The van der Waals surface area contributed by atoms with Crippen LogP contribution in [-0.4, -0.2) is 42.0 Å². The molecule has 2 saturated heterocycles. The van der Waals surface area contributed by atoms with Gasteiger partial charge in [-0.2, -0.15) is 0 Å². The number of ether oxygens (including phenoxy) is 2. The number of hydrogen-bond acceptors (Lipinski definition) is 4. The molecule has 6 nitrogen and oxygen atoms in total. The van der Waals surface area contributed by atoms with Gasteiger partial charge in [0.1, 0.15) is 19.0 Å². The summed E-state index contributed by atoms with van der Waals surface area (Å²) in [4.78, 5) is 27.4. The Kier molecular flexibility index (Phi) is 5.04. The fourth-order valence-corrected chi connectivity index (χ4v) is 5.18. The third-order valence-electron chi connectivity index (χ3n) is 6.49. The second kappa shape index (κ2) is 7.87. The molecule has 3 aliphatic heterocycles. The second-order valence-electron chi connectivity index (χ2n) is 8.51. The molecule has 2 fully saturated rings. The molecule has 0 bridgehead atoms. The summed E-state index contributed by atoms with van der Waals surface area (Å²) in [5, 5.41) is 3.14. The molecule has 2 amide bonds. The van der Waals surface area contributed by atoms with Crippen LogP contribution in [0.15, 0.2) is 42.5 Å². The summed E-state index contributed by atoms with van der Waals surface area (Å²) in [7, 11) is 0. The first kappa shape index (κ1) is 19.8. The van der Waals surface area contributed by atoms with Crippen LogP contribution in [0.1, 0.15) is 42.9 Å². The summed E-state index contributed by atoms with van der Waals surface area (Å²) >= 11 is 0. The van der Waals surface area contributed by atoms with E-state index in [1.807, 2.05) is 29.2 Å². The van der Waals surface area contributed by atoms with Crippen molar-refractivity contribution < 1.29 is 23.5 Å². The van der Waals surface area contributed by atoms with E-state index in [1.165, 1.54) is 12.1 Å². The van der Waals surface area contributed by atoms with Gasteiger partial charge < -0.3 is 19.7 Å². The monoisotopic (exact) mass is 424 g/mol. The van der Waals surface area contributed by atoms with Gasteiger partial charge in [0.15, 0.2) is 11.5 Å². The highest BCUT2D eigenvalue weighted by molar-refractivity contribution is 5.82. The van der Waals surface area contributed by atoms with Crippen molar-refractivity contribution in [3.8, 4) is 11.5 Å². The minimum Gasteiger partial charge on any atom is -0.486 e. The molecule has 0 radical (unpaired) electrons.